The second kappa shape index (κ2) is 8.07. The molecule has 3 aromatic carbocycles. The first-order chi connectivity index (χ1) is 14.8. The van der Waals surface area contributed by atoms with Crippen LogP contribution in [-0.2, 0) is 0 Å². The topological polar surface area (TPSA) is 79.5 Å². The van der Waals surface area contributed by atoms with Gasteiger partial charge in [-0.3, -0.25) is 4.79 Å². The van der Waals surface area contributed by atoms with Crippen LogP contribution in [0.5, 0.6) is 0 Å². The molecule has 1 atom stereocenters. The van der Waals surface area contributed by atoms with Crippen molar-refractivity contribution >= 4 is 22.6 Å². The quantitative estimate of drug-likeness (QED) is 0.430. The lowest BCUT2D eigenvalue weighted by Gasteiger charge is -2.19. The highest BCUT2D eigenvalue weighted by Crippen LogP contribution is 2.31. The Hall–Kier alpha value is -3.93. The van der Waals surface area contributed by atoms with Crippen LogP contribution < -0.4 is 10.7 Å². The summed E-state index contributed by atoms with van der Waals surface area (Å²) in [7, 11) is 0. The number of carbonyl (C=O) groups is 1. The third kappa shape index (κ3) is 4.05. The maximum Gasteiger partial charge on any atom is 0.337 e. The van der Waals surface area contributed by atoms with Gasteiger partial charge in [-0.2, -0.15) is 0 Å². The monoisotopic (exact) mass is 417 g/mol. The van der Waals surface area contributed by atoms with E-state index in [0.717, 1.165) is 5.56 Å². The van der Waals surface area contributed by atoms with E-state index in [4.69, 9.17) is 4.42 Å². The van der Waals surface area contributed by atoms with Crippen LogP contribution >= 0.6 is 0 Å². The van der Waals surface area contributed by atoms with Crippen molar-refractivity contribution in [3.05, 3.63) is 99.5 Å². The van der Waals surface area contributed by atoms with Crippen LogP contribution in [0.15, 0.2) is 75.9 Å². The Morgan fingerprint density at radius 3 is 2.58 bits per heavy atom. The van der Waals surface area contributed by atoms with Gasteiger partial charge in [-0.15, -0.1) is 0 Å². The van der Waals surface area contributed by atoms with Gasteiger partial charge in [0.25, 0.3) is 0 Å². The van der Waals surface area contributed by atoms with Gasteiger partial charge in [0.15, 0.2) is 5.43 Å². The summed E-state index contributed by atoms with van der Waals surface area (Å²) < 4.78 is 19.8. The third-order valence-corrected chi connectivity index (χ3v) is 5.11. The van der Waals surface area contributed by atoms with Crippen LogP contribution in [0.2, 0.25) is 0 Å². The molecule has 0 aliphatic heterocycles. The molecular formula is C25H20FNO4. The summed E-state index contributed by atoms with van der Waals surface area (Å²) in [6.45, 7) is 3.74. The zero-order valence-corrected chi connectivity index (χ0v) is 17.0. The normalized spacial score (nSPS) is 12.0. The smallest absolute Gasteiger partial charge is 0.337 e. The molecule has 0 saturated heterocycles. The number of hydrogen-bond donors (Lipinski definition) is 2. The highest BCUT2D eigenvalue weighted by atomic mass is 19.1. The second-order valence-corrected chi connectivity index (χ2v) is 7.43. The summed E-state index contributed by atoms with van der Waals surface area (Å²) >= 11 is 0. The molecule has 0 fully saturated rings. The Kier molecular flexibility index (Phi) is 5.29. The van der Waals surface area contributed by atoms with Crippen LogP contribution in [-0.4, -0.2) is 11.1 Å². The summed E-state index contributed by atoms with van der Waals surface area (Å²) in [5.41, 5.74) is 2.78. The molecule has 4 aromatic rings. The predicted octanol–water partition coefficient (Wildman–Crippen LogP) is 5.78. The number of carboxylic acids is 1. The van der Waals surface area contributed by atoms with E-state index in [1.165, 1.54) is 24.3 Å². The number of nitrogens with one attached hydrogen (secondary N) is 1. The molecule has 0 aliphatic carbocycles. The minimum Gasteiger partial charge on any atom is -0.478 e. The molecule has 0 bridgehead atoms. The number of halogens is 1. The molecule has 0 aliphatic rings. The molecule has 0 unspecified atom stereocenters. The van der Waals surface area contributed by atoms with Gasteiger partial charge in [0.1, 0.15) is 17.2 Å². The summed E-state index contributed by atoms with van der Waals surface area (Å²) in [5.74, 6) is -1.20. The SMILES string of the molecule is Cc1cc([C@@H](C)Nc2ccccc2C(=O)O)c2oc(-c3cccc(F)c3)cc(=O)c2c1. The fraction of sp³-hybridized carbons (Fsp3) is 0.120. The van der Waals surface area contributed by atoms with Gasteiger partial charge in [0.05, 0.1) is 17.0 Å². The molecule has 4 rings (SSSR count). The Morgan fingerprint density at radius 1 is 1.06 bits per heavy atom. The van der Waals surface area contributed by atoms with E-state index in [-0.39, 0.29) is 22.8 Å². The zero-order chi connectivity index (χ0) is 22.1. The fourth-order valence-corrected chi connectivity index (χ4v) is 3.65. The molecule has 1 aromatic heterocycles. The van der Waals surface area contributed by atoms with Gasteiger partial charge in [-0.1, -0.05) is 30.3 Å². The number of para-hydroxylation sites is 1. The zero-order valence-electron chi connectivity index (χ0n) is 17.0. The van der Waals surface area contributed by atoms with Gasteiger partial charge in [-0.05, 0) is 49.7 Å². The lowest BCUT2D eigenvalue weighted by molar-refractivity contribution is 0.0698. The molecule has 6 heteroatoms. The molecule has 0 radical (unpaired) electrons. The van der Waals surface area contributed by atoms with E-state index < -0.39 is 11.8 Å². The van der Waals surface area contributed by atoms with Crippen LogP contribution in [0.3, 0.4) is 0 Å². The van der Waals surface area contributed by atoms with Gasteiger partial charge in [0.2, 0.25) is 0 Å². The van der Waals surface area contributed by atoms with E-state index in [1.807, 2.05) is 19.9 Å². The van der Waals surface area contributed by atoms with E-state index in [9.17, 15) is 19.1 Å². The van der Waals surface area contributed by atoms with Crippen LogP contribution in [0.1, 0.15) is 34.5 Å². The molecule has 31 heavy (non-hydrogen) atoms. The Balaban J connectivity index is 1.85. The van der Waals surface area contributed by atoms with Crippen molar-refractivity contribution < 1.29 is 18.7 Å². The number of hydrogen-bond acceptors (Lipinski definition) is 4. The maximum absolute atomic E-state index is 13.7. The molecule has 1 heterocycles. The summed E-state index contributed by atoms with van der Waals surface area (Å²) in [6.07, 6.45) is 0. The van der Waals surface area contributed by atoms with Crippen molar-refractivity contribution in [3.8, 4) is 11.3 Å². The Morgan fingerprint density at radius 2 is 1.84 bits per heavy atom. The first-order valence-corrected chi connectivity index (χ1v) is 9.76. The summed E-state index contributed by atoms with van der Waals surface area (Å²) in [6, 6.07) is 17.1. The van der Waals surface area contributed by atoms with Gasteiger partial charge in [-0.25, -0.2) is 9.18 Å². The molecule has 2 N–H and O–H groups in total. The lowest BCUT2D eigenvalue weighted by atomic mass is 10.00. The van der Waals surface area contributed by atoms with Crippen LogP contribution in [0.25, 0.3) is 22.3 Å². The predicted molar refractivity (Wildman–Crippen MR) is 118 cm³/mol. The first kappa shape index (κ1) is 20.3. The summed E-state index contributed by atoms with van der Waals surface area (Å²) in [4.78, 5) is 24.4. The number of anilines is 1. The van der Waals surface area contributed by atoms with Gasteiger partial charge < -0.3 is 14.8 Å². The average Bonchev–Trinajstić information content (AvgIpc) is 2.74. The molecule has 0 spiro atoms. The van der Waals surface area contributed by atoms with Crippen molar-refractivity contribution in [1.82, 2.24) is 0 Å². The maximum atomic E-state index is 13.7. The van der Waals surface area contributed by atoms with Gasteiger partial charge in [0, 0.05) is 22.9 Å². The number of fused-ring (bicyclic) bond motifs is 1. The minimum atomic E-state index is -1.04. The van der Waals surface area contributed by atoms with E-state index in [2.05, 4.69) is 5.32 Å². The molecule has 0 amide bonds. The lowest BCUT2D eigenvalue weighted by Crippen LogP contribution is -2.12. The number of rotatable bonds is 5. The number of carboxylic acid groups (broad SMARTS) is 1. The number of aryl methyl sites for hydroxylation is 1. The van der Waals surface area contributed by atoms with E-state index >= 15 is 0 Å². The standard InChI is InChI=1S/C25H20FNO4/c1-14-10-19(15(2)27-21-9-4-3-8-18(21)25(29)30)24-20(11-14)22(28)13-23(31-24)16-6-5-7-17(26)12-16/h3-13,15,27H,1-2H3,(H,29,30)/t15-/m1/s1. The summed E-state index contributed by atoms with van der Waals surface area (Å²) in [5, 5.41) is 13.1. The average molecular weight is 417 g/mol. The highest BCUT2D eigenvalue weighted by molar-refractivity contribution is 5.94. The van der Waals surface area contributed by atoms with Crippen molar-refractivity contribution in [2.24, 2.45) is 0 Å². The van der Waals surface area contributed by atoms with Crippen molar-refractivity contribution in [2.45, 2.75) is 19.9 Å². The third-order valence-electron chi connectivity index (χ3n) is 5.11. The Bertz CT molecular complexity index is 1360. The molecule has 156 valence electrons. The highest BCUT2D eigenvalue weighted by Gasteiger charge is 2.18. The minimum absolute atomic E-state index is 0.146. The second-order valence-electron chi connectivity index (χ2n) is 7.43. The largest absolute Gasteiger partial charge is 0.478 e. The van der Waals surface area contributed by atoms with Crippen LogP contribution in [0, 0.1) is 12.7 Å². The molecule has 0 saturated carbocycles. The van der Waals surface area contributed by atoms with Crippen LogP contribution in [0.4, 0.5) is 10.1 Å². The van der Waals surface area contributed by atoms with E-state index in [1.54, 1.807) is 36.4 Å². The van der Waals surface area contributed by atoms with Crippen molar-refractivity contribution in [3.63, 3.8) is 0 Å². The first-order valence-electron chi connectivity index (χ1n) is 9.76. The number of benzene rings is 3. The molecule has 5 nitrogen and oxygen atoms in total. The van der Waals surface area contributed by atoms with E-state index in [0.29, 0.717) is 27.8 Å². The van der Waals surface area contributed by atoms with Crippen molar-refractivity contribution in [1.29, 1.82) is 0 Å². The Labute approximate surface area is 177 Å². The molecular weight excluding hydrogens is 397 g/mol. The number of aromatic carboxylic acids is 1. The fourth-order valence-electron chi connectivity index (χ4n) is 3.65. The van der Waals surface area contributed by atoms with Gasteiger partial charge >= 0.3 is 5.97 Å². The van der Waals surface area contributed by atoms with Crippen molar-refractivity contribution in [2.75, 3.05) is 5.32 Å².